The predicted molar refractivity (Wildman–Crippen MR) is 94.4 cm³/mol. The fourth-order valence-corrected chi connectivity index (χ4v) is 5.12. The van der Waals surface area contributed by atoms with Gasteiger partial charge in [-0.3, -0.25) is 0 Å². The molecule has 0 aromatic carbocycles. The van der Waals surface area contributed by atoms with Gasteiger partial charge in [-0.15, -0.1) is 0 Å². The topological polar surface area (TPSA) is 21.7 Å². The summed E-state index contributed by atoms with van der Waals surface area (Å²) in [6.07, 6.45) is 6.30. The molecule has 0 amide bonds. The minimum absolute atomic E-state index is 0.251. The van der Waals surface area contributed by atoms with Gasteiger partial charge in [0.1, 0.15) is 0 Å². The maximum absolute atomic E-state index is 6.46. The number of nitrogens with zero attached hydrogens (tertiary/aromatic N) is 1. The maximum atomic E-state index is 6.46. The van der Waals surface area contributed by atoms with E-state index in [0.717, 1.165) is 43.7 Å². The highest BCUT2D eigenvalue weighted by molar-refractivity contribution is 4.90. The molecule has 3 nitrogen and oxygen atoms in total. The van der Waals surface area contributed by atoms with Crippen LogP contribution in [0.4, 0.5) is 0 Å². The van der Waals surface area contributed by atoms with Crippen LogP contribution in [-0.4, -0.2) is 43.0 Å². The fraction of sp³-hybridized carbons (Fsp3) is 1.00. The van der Waals surface area contributed by atoms with Crippen molar-refractivity contribution in [2.24, 2.45) is 23.2 Å². The normalized spacial score (nSPS) is 43.2. The summed E-state index contributed by atoms with van der Waals surface area (Å²) in [5.41, 5.74) is 0.416. The highest BCUT2D eigenvalue weighted by Gasteiger charge is 2.46. The molecule has 3 atom stereocenters. The standard InChI is InChI=1S/C20H37NO2/c1-15-10-16(2)12-21(11-15)13-18-14-22-20(23-18)8-6-17(7-9-20)19(3,4)5/h15-18H,6-14H2,1-5H3. The van der Waals surface area contributed by atoms with Crippen molar-refractivity contribution in [1.82, 2.24) is 4.90 Å². The highest BCUT2D eigenvalue weighted by atomic mass is 16.7. The molecule has 134 valence electrons. The average Bonchev–Trinajstić information content (AvgIpc) is 2.79. The van der Waals surface area contributed by atoms with Gasteiger partial charge in [-0.25, -0.2) is 0 Å². The van der Waals surface area contributed by atoms with Gasteiger partial charge in [-0.05, 0) is 42.4 Å². The first-order valence-corrected chi connectivity index (χ1v) is 9.80. The molecular weight excluding hydrogens is 286 g/mol. The van der Waals surface area contributed by atoms with E-state index in [1.165, 1.54) is 32.4 Å². The van der Waals surface area contributed by atoms with Crippen LogP contribution in [0.25, 0.3) is 0 Å². The number of piperidine rings is 1. The molecule has 0 bridgehead atoms. The molecule has 2 heterocycles. The lowest BCUT2D eigenvalue weighted by Gasteiger charge is -2.41. The van der Waals surface area contributed by atoms with Crippen LogP contribution in [0.2, 0.25) is 0 Å². The second-order valence-corrected chi connectivity index (χ2v) is 9.77. The summed E-state index contributed by atoms with van der Waals surface area (Å²) >= 11 is 0. The summed E-state index contributed by atoms with van der Waals surface area (Å²) in [6, 6.07) is 0. The quantitative estimate of drug-likeness (QED) is 0.756. The molecule has 0 radical (unpaired) electrons. The molecule has 3 rings (SSSR count). The van der Waals surface area contributed by atoms with Gasteiger partial charge >= 0.3 is 0 Å². The zero-order valence-corrected chi connectivity index (χ0v) is 15.9. The van der Waals surface area contributed by atoms with E-state index in [1.54, 1.807) is 0 Å². The Kier molecular flexibility index (Phi) is 5.11. The molecule has 3 heteroatoms. The number of ether oxygens (including phenoxy) is 2. The fourth-order valence-electron chi connectivity index (χ4n) is 5.12. The van der Waals surface area contributed by atoms with E-state index in [2.05, 4.69) is 39.5 Å². The van der Waals surface area contributed by atoms with Crippen LogP contribution in [0.15, 0.2) is 0 Å². The molecule has 1 spiro atoms. The number of rotatable bonds is 2. The van der Waals surface area contributed by atoms with Gasteiger partial charge in [0.05, 0.1) is 12.7 Å². The van der Waals surface area contributed by atoms with Crippen molar-refractivity contribution in [2.45, 2.75) is 78.6 Å². The van der Waals surface area contributed by atoms with Crippen LogP contribution in [-0.2, 0) is 9.47 Å². The zero-order chi connectivity index (χ0) is 16.7. The minimum atomic E-state index is -0.251. The van der Waals surface area contributed by atoms with Gasteiger partial charge in [-0.1, -0.05) is 34.6 Å². The Morgan fingerprint density at radius 1 is 1.04 bits per heavy atom. The van der Waals surface area contributed by atoms with Crippen LogP contribution in [0, 0.1) is 23.2 Å². The first kappa shape index (κ1) is 17.7. The SMILES string of the molecule is CC1CC(C)CN(CC2COC3(CCC(C(C)(C)C)CC3)O2)C1. The molecule has 0 aromatic rings. The third-order valence-corrected chi connectivity index (χ3v) is 6.29. The number of likely N-dealkylation sites (tertiary alicyclic amines) is 1. The third kappa shape index (κ3) is 4.29. The summed E-state index contributed by atoms with van der Waals surface area (Å²) < 4.78 is 12.7. The molecular formula is C20H37NO2. The van der Waals surface area contributed by atoms with Crippen LogP contribution >= 0.6 is 0 Å². The Labute approximate surface area is 143 Å². The average molecular weight is 324 g/mol. The summed E-state index contributed by atoms with van der Waals surface area (Å²) in [5, 5.41) is 0. The lowest BCUT2D eigenvalue weighted by atomic mass is 9.71. The monoisotopic (exact) mass is 323 g/mol. The molecule has 2 saturated heterocycles. The van der Waals surface area contributed by atoms with Crippen molar-refractivity contribution in [2.75, 3.05) is 26.2 Å². The lowest BCUT2D eigenvalue weighted by molar-refractivity contribution is -0.198. The van der Waals surface area contributed by atoms with Crippen LogP contribution in [0.3, 0.4) is 0 Å². The van der Waals surface area contributed by atoms with E-state index in [-0.39, 0.29) is 11.9 Å². The highest BCUT2D eigenvalue weighted by Crippen LogP contribution is 2.45. The maximum Gasteiger partial charge on any atom is 0.168 e. The van der Waals surface area contributed by atoms with Gasteiger partial charge in [-0.2, -0.15) is 0 Å². The molecule has 3 aliphatic rings. The Bertz CT molecular complexity index is 385. The second-order valence-electron chi connectivity index (χ2n) is 9.77. The minimum Gasteiger partial charge on any atom is -0.347 e. The van der Waals surface area contributed by atoms with Gasteiger partial charge in [0.15, 0.2) is 5.79 Å². The molecule has 0 N–H and O–H groups in total. The van der Waals surface area contributed by atoms with Crippen molar-refractivity contribution in [3.05, 3.63) is 0 Å². The van der Waals surface area contributed by atoms with Crippen molar-refractivity contribution in [3.8, 4) is 0 Å². The Morgan fingerprint density at radius 2 is 1.65 bits per heavy atom. The second kappa shape index (κ2) is 6.65. The lowest BCUT2D eigenvalue weighted by Crippen LogP contribution is -2.44. The summed E-state index contributed by atoms with van der Waals surface area (Å²) in [7, 11) is 0. The van der Waals surface area contributed by atoms with E-state index >= 15 is 0 Å². The van der Waals surface area contributed by atoms with Gasteiger partial charge in [0, 0.05) is 32.5 Å². The number of hydrogen-bond acceptors (Lipinski definition) is 3. The molecule has 1 saturated carbocycles. The Morgan fingerprint density at radius 3 is 2.22 bits per heavy atom. The first-order valence-electron chi connectivity index (χ1n) is 9.80. The van der Waals surface area contributed by atoms with Gasteiger partial charge in [0.25, 0.3) is 0 Å². The predicted octanol–water partition coefficient (Wildman–Crippen LogP) is 4.31. The van der Waals surface area contributed by atoms with E-state index in [0.29, 0.717) is 5.41 Å². The van der Waals surface area contributed by atoms with Crippen molar-refractivity contribution in [1.29, 1.82) is 0 Å². The zero-order valence-electron chi connectivity index (χ0n) is 15.9. The van der Waals surface area contributed by atoms with Crippen molar-refractivity contribution in [3.63, 3.8) is 0 Å². The molecule has 3 fully saturated rings. The summed E-state index contributed by atoms with van der Waals surface area (Å²) in [6.45, 7) is 16.2. The molecule has 2 aliphatic heterocycles. The molecule has 0 aromatic heterocycles. The van der Waals surface area contributed by atoms with E-state index < -0.39 is 0 Å². The van der Waals surface area contributed by atoms with E-state index in [4.69, 9.17) is 9.47 Å². The van der Waals surface area contributed by atoms with Crippen molar-refractivity contribution >= 4 is 0 Å². The summed E-state index contributed by atoms with van der Waals surface area (Å²) in [5.74, 6) is 2.19. The first-order chi connectivity index (χ1) is 10.8. The largest absolute Gasteiger partial charge is 0.347 e. The van der Waals surface area contributed by atoms with Crippen molar-refractivity contribution < 1.29 is 9.47 Å². The Hall–Kier alpha value is -0.120. The Balaban J connectivity index is 1.49. The third-order valence-electron chi connectivity index (χ3n) is 6.29. The summed E-state index contributed by atoms with van der Waals surface area (Å²) in [4.78, 5) is 2.60. The van der Waals surface area contributed by atoms with E-state index in [1.807, 2.05) is 0 Å². The van der Waals surface area contributed by atoms with Crippen LogP contribution in [0.1, 0.15) is 66.7 Å². The van der Waals surface area contributed by atoms with E-state index in [9.17, 15) is 0 Å². The van der Waals surface area contributed by atoms with Gasteiger partial charge < -0.3 is 14.4 Å². The molecule has 3 unspecified atom stereocenters. The smallest absolute Gasteiger partial charge is 0.168 e. The molecule has 23 heavy (non-hydrogen) atoms. The van der Waals surface area contributed by atoms with Crippen LogP contribution in [0.5, 0.6) is 0 Å². The van der Waals surface area contributed by atoms with Crippen LogP contribution < -0.4 is 0 Å². The number of hydrogen-bond donors (Lipinski definition) is 0. The van der Waals surface area contributed by atoms with Gasteiger partial charge in [0.2, 0.25) is 0 Å². The molecule has 1 aliphatic carbocycles.